The molecule has 0 bridgehead atoms. The maximum absolute atomic E-state index is 11.5. The quantitative estimate of drug-likeness (QED) is 0.596. The van der Waals surface area contributed by atoms with Gasteiger partial charge in [0.2, 0.25) is 0 Å². The van der Waals surface area contributed by atoms with Crippen molar-refractivity contribution in [2.24, 2.45) is 0 Å². The third-order valence-electron chi connectivity index (χ3n) is 2.13. The first-order valence-corrected chi connectivity index (χ1v) is 6.47. The third kappa shape index (κ3) is 3.70. The van der Waals surface area contributed by atoms with Crippen LogP contribution >= 0.6 is 7.60 Å². The van der Waals surface area contributed by atoms with E-state index >= 15 is 0 Å². The molecule has 7 heteroatoms. The van der Waals surface area contributed by atoms with Crippen molar-refractivity contribution in [1.82, 2.24) is 0 Å². The maximum Gasteiger partial charge on any atom is 0.358 e. The van der Waals surface area contributed by atoms with Crippen LogP contribution in [0, 0.1) is 0 Å². The second-order valence-corrected chi connectivity index (χ2v) is 5.32. The predicted octanol–water partition coefficient (Wildman–Crippen LogP) is 1.16. The smallest absolute Gasteiger partial charge is 0.358 e. The van der Waals surface area contributed by atoms with Gasteiger partial charge >= 0.3 is 13.6 Å². The summed E-state index contributed by atoms with van der Waals surface area (Å²) in [6.07, 6.45) is 0. The number of hydrogen-bond donors (Lipinski definition) is 2. The molecule has 0 saturated heterocycles. The summed E-state index contributed by atoms with van der Waals surface area (Å²) in [5.74, 6) is -0.761. The van der Waals surface area contributed by atoms with Gasteiger partial charge in [0.15, 0.2) is 0 Å². The molecule has 0 fully saturated rings. The van der Waals surface area contributed by atoms with Crippen LogP contribution in [0.3, 0.4) is 0 Å². The molecule has 18 heavy (non-hydrogen) atoms. The zero-order chi connectivity index (χ0) is 13.8. The van der Waals surface area contributed by atoms with Gasteiger partial charge in [0.05, 0.1) is 10.9 Å². The number of rotatable bonds is 6. The molecule has 0 spiro atoms. The monoisotopic (exact) mass is 272 g/mol. The van der Waals surface area contributed by atoms with Gasteiger partial charge in [-0.15, -0.1) is 0 Å². The second-order valence-electron chi connectivity index (χ2n) is 3.39. The molecule has 0 aliphatic carbocycles. The second kappa shape index (κ2) is 5.82. The summed E-state index contributed by atoms with van der Waals surface area (Å²) in [6, 6.07) is 5.66. The molecule has 1 atom stereocenters. The molecule has 98 valence electrons. The van der Waals surface area contributed by atoms with E-state index < -0.39 is 13.6 Å². The fourth-order valence-corrected chi connectivity index (χ4v) is 1.80. The van der Waals surface area contributed by atoms with Crippen LogP contribution in [-0.2, 0) is 13.9 Å². The van der Waals surface area contributed by atoms with Crippen LogP contribution in [0.25, 0.3) is 0 Å². The molecule has 0 saturated carbocycles. The van der Waals surface area contributed by atoms with Crippen LogP contribution in [0.4, 0.5) is 0 Å². The first-order valence-electron chi connectivity index (χ1n) is 4.90. The number of carboxylic acids is 1. The van der Waals surface area contributed by atoms with Crippen molar-refractivity contribution >= 4 is 18.9 Å². The van der Waals surface area contributed by atoms with Gasteiger partial charge in [-0.2, -0.15) is 0 Å². The summed E-state index contributed by atoms with van der Waals surface area (Å²) in [4.78, 5) is 19.9. The summed E-state index contributed by atoms with van der Waals surface area (Å²) in [5.41, 5.74) is -0.0798. The molecule has 2 N–H and O–H groups in total. The van der Waals surface area contributed by atoms with Gasteiger partial charge in [0, 0.05) is 7.11 Å². The molecular weight excluding hydrogens is 259 g/mol. The van der Waals surface area contributed by atoms with Gasteiger partial charge in [-0.05, 0) is 24.3 Å². The molecule has 0 radical (unpaired) electrons. The molecule has 6 nitrogen and oxygen atoms in total. The van der Waals surface area contributed by atoms with E-state index in [0.717, 1.165) is 7.11 Å². The van der Waals surface area contributed by atoms with Crippen molar-refractivity contribution in [2.75, 3.05) is 13.7 Å². The van der Waals surface area contributed by atoms with E-state index in [1.807, 2.05) is 0 Å². The van der Waals surface area contributed by atoms with Crippen LogP contribution < -0.4 is 10.0 Å². The molecule has 0 aromatic heterocycles. The molecule has 0 aliphatic heterocycles. The fraction of sp³-hybridized carbons (Fsp3) is 0.182. The highest BCUT2D eigenvalue weighted by atomic mass is 31.2. The van der Waals surface area contributed by atoms with Gasteiger partial charge in [0.25, 0.3) is 0 Å². The Kier molecular flexibility index (Phi) is 4.67. The summed E-state index contributed by atoms with van der Waals surface area (Å²) in [7, 11) is -2.63. The van der Waals surface area contributed by atoms with E-state index in [4.69, 9.17) is 9.84 Å². The highest BCUT2D eigenvalue weighted by Gasteiger charge is 2.20. The average Bonchev–Trinajstić information content (AvgIpc) is 2.36. The first-order chi connectivity index (χ1) is 8.36. The Morgan fingerprint density at radius 1 is 1.39 bits per heavy atom. The highest BCUT2D eigenvalue weighted by Crippen LogP contribution is 2.39. The van der Waals surface area contributed by atoms with E-state index in [1.165, 1.54) is 24.3 Å². The Hall–Kier alpha value is -1.62. The number of carbonyl (C=O) groups is 1. The standard InChI is InChI=1S/C11H13O6P/c1-8(11(12)13)7-17-9-3-5-10(6-4-9)18(14,15)16-2/h3-6H,1,7H2,2H3,(H,12,13)(H,14,15). The minimum Gasteiger partial charge on any atom is -0.489 e. The van der Waals surface area contributed by atoms with Crippen LogP contribution in [0.2, 0.25) is 0 Å². The molecular formula is C11H13O6P. The minimum atomic E-state index is -3.77. The van der Waals surface area contributed by atoms with Crippen LogP contribution in [-0.4, -0.2) is 29.7 Å². The lowest BCUT2D eigenvalue weighted by Crippen LogP contribution is -2.10. The number of ether oxygens (including phenoxy) is 1. The van der Waals surface area contributed by atoms with Crippen molar-refractivity contribution < 1.29 is 28.6 Å². The molecule has 1 rings (SSSR count). The largest absolute Gasteiger partial charge is 0.489 e. The molecule has 0 aliphatic rings. The lowest BCUT2D eigenvalue weighted by Gasteiger charge is -2.10. The molecule has 1 unspecified atom stereocenters. The Balaban J connectivity index is 2.70. The Labute approximate surface area is 104 Å². The molecule has 0 amide bonds. The number of hydrogen-bond acceptors (Lipinski definition) is 4. The van der Waals surface area contributed by atoms with Gasteiger partial charge in [0.1, 0.15) is 12.4 Å². The third-order valence-corrected chi connectivity index (χ3v) is 3.57. The summed E-state index contributed by atoms with van der Waals surface area (Å²) >= 11 is 0. The molecule has 1 aromatic rings. The lowest BCUT2D eigenvalue weighted by molar-refractivity contribution is -0.133. The normalized spacial score (nSPS) is 13.7. The molecule has 0 heterocycles. The van der Waals surface area contributed by atoms with Crippen molar-refractivity contribution in [3.05, 3.63) is 36.4 Å². The average molecular weight is 272 g/mol. The van der Waals surface area contributed by atoms with E-state index in [0.29, 0.717) is 5.75 Å². The van der Waals surface area contributed by atoms with Crippen LogP contribution in [0.15, 0.2) is 36.4 Å². The van der Waals surface area contributed by atoms with E-state index in [-0.39, 0.29) is 17.5 Å². The summed E-state index contributed by atoms with van der Waals surface area (Å²) in [5, 5.41) is 8.71. The predicted molar refractivity (Wildman–Crippen MR) is 65.2 cm³/mol. The molecule has 1 aromatic carbocycles. The number of aliphatic carboxylic acids is 1. The maximum atomic E-state index is 11.5. The lowest BCUT2D eigenvalue weighted by atomic mass is 10.3. The van der Waals surface area contributed by atoms with Crippen LogP contribution in [0.5, 0.6) is 5.75 Å². The fourth-order valence-electron chi connectivity index (χ4n) is 1.07. The Morgan fingerprint density at radius 3 is 2.39 bits per heavy atom. The zero-order valence-electron chi connectivity index (χ0n) is 9.70. The number of benzene rings is 1. The Bertz CT molecular complexity index is 493. The Morgan fingerprint density at radius 2 is 1.94 bits per heavy atom. The van der Waals surface area contributed by atoms with E-state index in [2.05, 4.69) is 11.1 Å². The number of carboxylic acid groups (broad SMARTS) is 1. The van der Waals surface area contributed by atoms with Gasteiger partial charge in [-0.25, -0.2) is 4.79 Å². The first kappa shape index (κ1) is 14.4. The zero-order valence-corrected chi connectivity index (χ0v) is 10.6. The van der Waals surface area contributed by atoms with Crippen molar-refractivity contribution in [1.29, 1.82) is 0 Å². The van der Waals surface area contributed by atoms with E-state index in [1.54, 1.807) is 0 Å². The SMILES string of the molecule is C=C(COc1ccc(P(=O)(O)OC)cc1)C(=O)O. The van der Waals surface area contributed by atoms with Crippen LogP contribution in [0.1, 0.15) is 0 Å². The summed E-state index contributed by atoms with van der Waals surface area (Å²) < 4.78 is 21.1. The minimum absolute atomic E-state index is 0.0798. The summed E-state index contributed by atoms with van der Waals surface area (Å²) in [6.45, 7) is 3.15. The topological polar surface area (TPSA) is 93.1 Å². The van der Waals surface area contributed by atoms with Crippen molar-refractivity contribution in [3.8, 4) is 5.75 Å². The van der Waals surface area contributed by atoms with Gasteiger partial charge in [-0.3, -0.25) is 4.57 Å². The highest BCUT2D eigenvalue weighted by molar-refractivity contribution is 7.61. The van der Waals surface area contributed by atoms with Crippen molar-refractivity contribution in [2.45, 2.75) is 0 Å². The van der Waals surface area contributed by atoms with E-state index in [9.17, 15) is 14.3 Å². The van der Waals surface area contributed by atoms with Gasteiger partial charge < -0.3 is 19.3 Å². The van der Waals surface area contributed by atoms with Gasteiger partial charge in [-0.1, -0.05) is 6.58 Å². The van der Waals surface area contributed by atoms with Crippen molar-refractivity contribution in [3.63, 3.8) is 0 Å².